The lowest BCUT2D eigenvalue weighted by Crippen LogP contribution is -2.10. The summed E-state index contributed by atoms with van der Waals surface area (Å²) in [7, 11) is 0. The van der Waals surface area contributed by atoms with Crippen molar-refractivity contribution in [3.63, 3.8) is 0 Å². The molecular formula is C15H8F3N3. The maximum atomic E-state index is 13.3. The zero-order chi connectivity index (χ0) is 15.0. The zero-order valence-electron chi connectivity index (χ0n) is 10.6. The van der Waals surface area contributed by atoms with Crippen molar-refractivity contribution in [2.24, 2.45) is 0 Å². The van der Waals surface area contributed by atoms with Crippen LogP contribution in [0.1, 0.15) is 11.3 Å². The second-order valence-corrected chi connectivity index (χ2v) is 4.42. The van der Waals surface area contributed by atoms with Crippen LogP contribution in [0.15, 0.2) is 48.7 Å². The molecule has 0 spiro atoms. The van der Waals surface area contributed by atoms with Crippen molar-refractivity contribution >= 4 is 5.65 Å². The Morgan fingerprint density at radius 3 is 2.38 bits per heavy atom. The predicted octanol–water partition coefficient (Wildman–Crippen LogP) is 3.89. The maximum absolute atomic E-state index is 13.3. The summed E-state index contributed by atoms with van der Waals surface area (Å²) in [5.74, 6) is 0. The summed E-state index contributed by atoms with van der Waals surface area (Å²) >= 11 is 0. The number of nitriles is 1. The third kappa shape index (κ3) is 2.23. The van der Waals surface area contributed by atoms with Gasteiger partial charge in [0.15, 0.2) is 5.69 Å². The molecule has 104 valence electrons. The minimum Gasteiger partial charge on any atom is -0.295 e. The smallest absolute Gasteiger partial charge is 0.295 e. The molecule has 1 aromatic carbocycles. The van der Waals surface area contributed by atoms with Gasteiger partial charge in [0.05, 0.1) is 11.6 Å². The number of pyridine rings is 1. The van der Waals surface area contributed by atoms with Crippen LogP contribution in [-0.2, 0) is 6.18 Å². The molecule has 0 aliphatic rings. The first-order valence-electron chi connectivity index (χ1n) is 6.05. The Labute approximate surface area is 117 Å². The Kier molecular flexibility index (Phi) is 2.91. The van der Waals surface area contributed by atoms with Crippen LogP contribution in [-0.4, -0.2) is 9.38 Å². The molecule has 3 aromatic rings. The Morgan fingerprint density at radius 1 is 1.05 bits per heavy atom. The average Bonchev–Trinajstić information content (AvgIpc) is 2.86. The summed E-state index contributed by atoms with van der Waals surface area (Å²) in [5, 5.41) is 8.75. The molecular weight excluding hydrogens is 279 g/mol. The summed E-state index contributed by atoms with van der Waals surface area (Å²) in [5.41, 5.74) is -0.0220. The Morgan fingerprint density at radius 2 is 1.76 bits per heavy atom. The second-order valence-electron chi connectivity index (χ2n) is 4.42. The third-order valence-electron chi connectivity index (χ3n) is 3.09. The molecule has 3 rings (SSSR count). The van der Waals surface area contributed by atoms with E-state index in [1.807, 2.05) is 6.07 Å². The molecule has 0 aliphatic carbocycles. The fourth-order valence-corrected chi connectivity index (χ4v) is 2.17. The van der Waals surface area contributed by atoms with Gasteiger partial charge in [0.25, 0.3) is 0 Å². The number of fused-ring (bicyclic) bond motifs is 1. The number of hydrogen-bond acceptors (Lipinski definition) is 2. The highest BCUT2D eigenvalue weighted by Gasteiger charge is 2.38. The van der Waals surface area contributed by atoms with Crippen LogP contribution in [0.5, 0.6) is 0 Å². The molecule has 0 saturated heterocycles. The van der Waals surface area contributed by atoms with Crippen molar-refractivity contribution in [2.75, 3.05) is 0 Å². The molecule has 0 N–H and O–H groups in total. The minimum atomic E-state index is -4.52. The Bertz CT molecular complexity index is 839. The highest BCUT2D eigenvalue weighted by Crippen LogP contribution is 2.37. The second kappa shape index (κ2) is 4.63. The first-order valence-corrected chi connectivity index (χ1v) is 6.05. The van der Waals surface area contributed by atoms with Crippen molar-refractivity contribution in [2.45, 2.75) is 6.18 Å². The summed E-state index contributed by atoms with van der Waals surface area (Å²) in [6.45, 7) is 0. The topological polar surface area (TPSA) is 41.1 Å². The number of halogens is 3. The van der Waals surface area contributed by atoms with Crippen LogP contribution in [0, 0.1) is 11.3 Å². The van der Waals surface area contributed by atoms with E-state index in [2.05, 4.69) is 4.98 Å². The van der Waals surface area contributed by atoms with E-state index in [1.165, 1.54) is 42.6 Å². The number of imidazole rings is 1. The molecule has 0 saturated carbocycles. The highest BCUT2D eigenvalue weighted by atomic mass is 19.4. The molecule has 0 bridgehead atoms. The molecule has 2 aromatic heterocycles. The first-order chi connectivity index (χ1) is 10.0. The molecule has 0 amide bonds. The Hall–Kier alpha value is -2.81. The van der Waals surface area contributed by atoms with E-state index >= 15 is 0 Å². The van der Waals surface area contributed by atoms with Crippen molar-refractivity contribution in [1.82, 2.24) is 9.38 Å². The van der Waals surface area contributed by atoms with Crippen molar-refractivity contribution in [3.05, 3.63) is 59.9 Å². The van der Waals surface area contributed by atoms with Gasteiger partial charge in [0.2, 0.25) is 0 Å². The van der Waals surface area contributed by atoms with Gasteiger partial charge in [0.1, 0.15) is 11.3 Å². The molecule has 3 nitrogen and oxygen atoms in total. The third-order valence-corrected chi connectivity index (χ3v) is 3.09. The number of hydrogen-bond donors (Lipinski definition) is 0. The normalized spacial score (nSPS) is 11.5. The van der Waals surface area contributed by atoms with Crippen molar-refractivity contribution in [3.8, 4) is 17.3 Å². The van der Waals surface area contributed by atoms with Gasteiger partial charge in [0, 0.05) is 11.8 Å². The number of nitrogens with zero attached hydrogens (tertiary/aromatic N) is 3. The number of benzene rings is 1. The standard InChI is InChI=1S/C15H8F3N3/c16-15(17,18)14-13(11-6-4-10(9-19)5-7-11)20-12-3-1-2-8-21(12)14/h1-8H. The quantitative estimate of drug-likeness (QED) is 0.681. The first kappa shape index (κ1) is 13.2. The summed E-state index contributed by atoms with van der Waals surface area (Å²) in [4.78, 5) is 4.06. The molecule has 0 fully saturated rings. The summed E-state index contributed by atoms with van der Waals surface area (Å²) in [6.07, 6.45) is -3.19. The van der Waals surface area contributed by atoms with Crippen LogP contribution < -0.4 is 0 Å². The molecule has 0 radical (unpaired) electrons. The van der Waals surface area contributed by atoms with E-state index in [9.17, 15) is 13.2 Å². The van der Waals surface area contributed by atoms with E-state index in [-0.39, 0.29) is 11.3 Å². The fraction of sp³-hybridized carbons (Fsp3) is 0.0667. The van der Waals surface area contributed by atoms with Crippen LogP contribution in [0.3, 0.4) is 0 Å². The van der Waals surface area contributed by atoms with Gasteiger partial charge in [-0.3, -0.25) is 4.40 Å². The predicted molar refractivity (Wildman–Crippen MR) is 70.3 cm³/mol. The van der Waals surface area contributed by atoms with E-state index in [0.717, 1.165) is 4.40 Å². The molecule has 6 heteroatoms. The highest BCUT2D eigenvalue weighted by molar-refractivity contribution is 5.67. The summed E-state index contributed by atoms with van der Waals surface area (Å²) < 4.78 is 41.0. The monoisotopic (exact) mass is 287 g/mol. The molecule has 21 heavy (non-hydrogen) atoms. The zero-order valence-corrected chi connectivity index (χ0v) is 10.6. The summed E-state index contributed by atoms with van der Waals surface area (Å²) in [6, 6.07) is 12.5. The number of alkyl halides is 3. The van der Waals surface area contributed by atoms with Crippen LogP contribution >= 0.6 is 0 Å². The number of rotatable bonds is 1. The van der Waals surface area contributed by atoms with Crippen molar-refractivity contribution in [1.29, 1.82) is 5.26 Å². The largest absolute Gasteiger partial charge is 0.433 e. The minimum absolute atomic E-state index is 0.141. The van der Waals surface area contributed by atoms with E-state index in [4.69, 9.17) is 5.26 Å². The fourth-order valence-electron chi connectivity index (χ4n) is 2.17. The van der Waals surface area contributed by atoms with Crippen molar-refractivity contribution < 1.29 is 13.2 Å². The van der Waals surface area contributed by atoms with E-state index in [0.29, 0.717) is 11.1 Å². The molecule has 0 atom stereocenters. The van der Waals surface area contributed by atoms with Crippen LogP contribution in [0.4, 0.5) is 13.2 Å². The maximum Gasteiger partial charge on any atom is 0.433 e. The van der Waals surface area contributed by atoms with Gasteiger partial charge in [-0.25, -0.2) is 4.98 Å². The van der Waals surface area contributed by atoms with Gasteiger partial charge in [-0.15, -0.1) is 0 Å². The molecule has 0 unspecified atom stereocenters. The average molecular weight is 287 g/mol. The van der Waals surface area contributed by atoms with Gasteiger partial charge >= 0.3 is 6.18 Å². The van der Waals surface area contributed by atoms with E-state index in [1.54, 1.807) is 6.07 Å². The SMILES string of the molecule is N#Cc1ccc(-c2nc3ccccn3c2C(F)(F)F)cc1. The van der Waals surface area contributed by atoms with Gasteiger partial charge in [-0.1, -0.05) is 18.2 Å². The van der Waals surface area contributed by atoms with Crippen LogP contribution in [0.25, 0.3) is 16.9 Å². The van der Waals surface area contributed by atoms with Gasteiger partial charge in [-0.2, -0.15) is 18.4 Å². The lowest BCUT2D eigenvalue weighted by atomic mass is 10.1. The van der Waals surface area contributed by atoms with Crippen LogP contribution in [0.2, 0.25) is 0 Å². The number of aromatic nitrogens is 2. The van der Waals surface area contributed by atoms with E-state index < -0.39 is 11.9 Å². The molecule has 2 heterocycles. The Balaban J connectivity index is 2.28. The van der Waals surface area contributed by atoms with Gasteiger partial charge in [-0.05, 0) is 24.3 Å². The lowest BCUT2D eigenvalue weighted by Gasteiger charge is -2.08. The van der Waals surface area contributed by atoms with Gasteiger partial charge < -0.3 is 0 Å². The molecule has 0 aliphatic heterocycles. The lowest BCUT2D eigenvalue weighted by molar-refractivity contribution is -0.141.